The van der Waals surface area contributed by atoms with Gasteiger partial charge in [-0.25, -0.2) is 22.5 Å². The molecular formula is C19H18F3N6O7P. The number of aliphatic hydroxyl groups is 1. The molecule has 13 nitrogen and oxygen atoms in total. The van der Waals surface area contributed by atoms with Crippen molar-refractivity contribution >= 4 is 25.8 Å². The minimum absolute atomic E-state index is 0.116. The lowest BCUT2D eigenvalue weighted by Crippen LogP contribution is -2.36. The van der Waals surface area contributed by atoms with Gasteiger partial charge in [0.1, 0.15) is 11.5 Å². The van der Waals surface area contributed by atoms with Crippen molar-refractivity contribution in [3.05, 3.63) is 48.9 Å². The predicted molar refractivity (Wildman–Crippen MR) is 117 cm³/mol. The number of pyridine rings is 1. The van der Waals surface area contributed by atoms with E-state index in [1.54, 1.807) is 12.1 Å². The summed E-state index contributed by atoms with van der Waals surface area (Å²) in [5.41, 5.74) is 1.21. The van der Waals surface area contributed by atoms with Gasteiger partial charge in [-0.1, -0.05) is 12.6 Å². The summed E-state index contributed by atoms with van der Waals surface area (Å²) < 4.78 is 53.7. The number of alkyl halides is 2. The van der Waals surface area contributed by atoms with Crippen molar-refractivity contribution in [2.45, 2.75) is 18.6 Å². The number of amides is 1. The summed E-state index contributed by atoms with van der Waals surface area (Å²) in [5, 5.41) is 21.0. The third kappa shape index (κ3) is 6.71. The third-order valence-corrected chi connectivity index (χ3v) is 4.63. The second-order valence-electron chi connectivity index (χ2n) is 7.08. The number of nitrogens with zero attached hydrogens (tertiary/aromatic N) is 6. The highest BCUT2D eigenvalue weighted by molar-refractivity contribution is 7.45. The molecule has 1 fully saturated rings. The minimum Gasteiger partial charge on any atom is -0.441 e. The summed E-state index contributed by atoms with van der Waals surface area (Å²) in [6, 6.07) is 7.17. The van der Waals surface area contributed by atoms with Crippen LogP contribution in [0.1, 0.15) is 0 Å². The molecule has 2 atom stereocenters. The molecule has 3 heterocycles. The van der Waals surface area contributed by atoms with E-state index in [4.69, 9.17) is 24.0 Å². The number of phosphoric acid groups is 1. The molecule has 1 aromatic carbocycles. The Labute approximate surface area is 200 Å². The molecule has 1 unspecified atom stereocenters. The highest BCUT2D eigenvalue weighted by Crippen LogP contribution is 2.30. The normalized spacial score (nSPS) is 16.4. The number of carbonyl (C=O) groups excluding carboxylic acids is 1. The van der Waals surface area contributed by atoms with Crippen LogP contribution >= 0.6 is 7.82 Å². The molecule has 192 valence electrons. The Morgan fingerprint density at radius 3 is 2.44 bits per heavy atom. The van der Waals surface area contributed by atoms with Gasteiger partial charge in [0, 0.05) is 23.5 Å². The average molecular weight is 530 g/mol. The van der Waals surface area contributed by atoms with Crippen LogP contribution in [-0.2, 0) is 9.30 Å². The summed E-state index contributed by atoms with van der Waals surface area (Å²) in [5.74, 6) is -0.385. The Kier molecular flexibility index (Phi) is 8.17. The van der Waals surface area contributed by atoms with Crippen molar-refractivity contribution in [1.82, 2.24) is 25.2 Å². The molecule has 3 aromatic rings. The maximum Gasteiger partial charge on any atom is 0.466 e. The Morgan fingerprint density at radius 2 is 1.92 bits per heavy atom. The van der Waals surface area contributed by atoms with Gasteiger partial charge in [0.05, 0.1) is 12.2 Å². The van der Waals surface area contributed by atoms with Crippen LogP contribution in [0.5, 0.6) is 0 Å². The Hall–Kier alpha value is -3.69. The van der Waals surface area contributed by atoms with Crippen molar-refractivity contribution in [2.75, 3.05) is 11.4 Å². The van der Waals surface area contributed by atoms with Crippen LogP contribution in [0, 0.1) is 5.82 Å². The van der Waals surface area contributed by atoms with Gasteiger partial charge in [0.2, 0.25) is 5.82 Å². The number of aromatic nitrogens is 5. The lowest BCUT2D eigenvalue weighted by Gasteiger charge is -2.16. The molecule has 1 aliphatic rings. The van der Waals surface area contributed by atoms with Crippen molar-refractivity contribution in [3.63, 3.8) is 0 Å². The zero-order chi connectivity index (χ0) is 26.6. The molecule has 2 aromatic heterocycles. The minimum atomic E-state index is -4.64. The van der Waals surface area contributed by atoms with Gasteiger partial charge in [-0.3, -0.25) is 9.88 Å². The zero-order valence-corrected chi connectivity index (χ0v) is 18.9. The number of anilines is 1. The number of hydrogen-bond acceptors (Lipinski definition) is 8. The SMILES string of the molecule is C=Cn1nnc(-c2ccc(-c3ccc(N4C[C@H](C(O)C(F)F)OC4=O)cc3F)cn2)n1.O=P(O)(O)O. The van der Waals surface area contributed by atoms with E-state index in [9.17, 15) is 23.1 Å². The Morgan fingerprint density at radius 1 is 1.22 bits per heavy atom. The monoisotopic (exact) mass is 530 g/mol. The van der Waals surface area contributed by atoms with E-state index in [1.807, 2.05) is 0 Å². The van der Waals surface area contributed by atoms with Crippen molar-refractivity contribution in [3.8, 4) is 22.6 Å². The van der Waals surface area contributed by atoms with E-state index in [0.29, 0.717) is 11.3 Å². The first-order chi connectivity index (χ1) is 16.9. The second-order valence-corrected chi connectivity index (χ2v) is 8.11. The molecule has 0 bridgehead atoms. The molecule has 1 aliphatic heterocycles. The lowest BCUT2D eigenvalue weighted by atomic mass is 10.1. The molecular weight excluding hydrogens is 512 g/mol. The lowest BCUT2D eigenvalue weighted by molar-refractivity contribution is -0.0641. The Bertz CT molecular complexity index is 1280. The highest BCUT2D eigenvalue weighted by Gasteiger charge is 2.40. The van der Waals surface area contributed by atoms with Gasteiger partial charge in [0.15, 0.2) is 12.2 Å². The molecule has 17 heteroatoms. The molecule has 0 saturated carbocycles. The molecule has 0 aliphatic carbocycles. The number of tetrazole rings is 1. The van der Waals surface area contributed by atoms with Crippen LogP contribution in [0.15, 0.2) is 43.1 Å². The number of halogens is 3. The quantitative estimate of drug-likeness (QED) is 0.340. The topological polar surface area (TPSA) is 184 Å². The molecule has 0 radical (unpaired) electrons. The standard InChI is InChI=1S/C19H15F3N6O3.H3O4P/c1-2-28-25-18(24-26-28)14-6-3-10(8-23-14)12-5-4-11(7-13(12)20)27-9-15(31-19(27)30)16(29)17(21)22;1-5(2,3)4/h2-8,15-17,29H,1,9H2;(H3,1,2,3,4)/t15-,16?;/m1./s1. The zero-order valence-electron chi connectivity index (χ0n) is 18.0. The van der Waals surface area contributed by atoms with Crippen LogP contribution < -0.4 is 4.90 Å². The van der Waals surface area contributed by atoms with Crippen LogP contribution in [0.3, 0.4) is 0 Å². The van der Waals surface area contributed by atoms with Gasteiger partial charge in [-0.15, -0.1) is 15.0 Å². The largest absolute Gasteiger partial charge is 0.466 e. The summed E-state index contributed by atoms with van der Waals surface area (Å²) >= 11 is 0. The van der Waals surface area contributed by atoms with Gasteiger partial charge >= 0.3 is 13.9 Å². The predicted octanol–water partition coefficient (Wildman–Crippen LogP) is 1.66. The Balaban J connectivity index is 0.000000658. The van der Waals surface area contributed by atoms with Crippen molar-refractivity contribution in [1.29, 1.82) is 0 Å². The van der Waals surface area contributed by atoms with E-state index in [-0.39, 0.29) is 23.6 Å². The average Bonchev–Trinajstić information content (AvgIpc) is 3.44. The number of ether oxygens (including phenoxy) is 1. The molecule has 1 saturated heterocycles. The smallest absolute Gasteiger partial charge is 0.441 e. The van der Waals surface area contributed by atoms with Crippen LogP contribution in [-0.4, -0.2) is 76.2 Å². The summed E-state index contributed by atoms with van der Waals surface area (Å²) in [7, 11) is -4.64. The number of rotatable bonds is 6. The number of aliphatic hydroxyl groups excluding tert-OH is 1. The summed E-state index contributed by atoms with van der Waals surface area (Å²) in [4.78, 5) is 39.9. The summed E-state index contributed by atoms with van der Waals surface area (Å²) in [6.07, 6.45) is -4.73. The van der Waals surface area contributed by atoms with Gasteiger partial charge in [0.25, 0.3) is 6.43 Å². The fraction of sp³-hybridized carbons (Fsp3) is 0.211. The maximum absolute atomic E-state index is 14.7. The number of carbonyl (C=O) groups is 1. The first-order valence-electron chi connectivity index (χ1n) is 9.78. The number of benzene rings is 1. The summed E-state index contributed by atoms with van der Waals surface area (Å²) in [6.45, 7) is 3.20. The van der Waals surface area contributed by atoms with Gasteiger partial charge in [-0.05, 0) is 29.5 Å². The van der Waals surface area contributed by atoms with Crippen molar-refractivity contribution in [2.24, 2.45) is 0 Å². The fourth-order valence-corrected chi connectivity index (χ4v) is 3.03. The first kappa shape index (κ1) is 26.9. The molecule has 36 heavy (non-hydrogen) atoms. The number of cyclic esters (lactones) is 1. The second kappa shape index (κ2) is 10.9. The van der Waals surface area contributed by atoms with Crippen LogP contribution in [0.4, 0.5) is 23.7 Å². The highest BCUT2D eigenvalue weighted by atomic mass is 31.2. The van der Waals surface area contributed by atoms with E-state index >= 15 is 0 Å². The molecule has 0 spiro atoms. The first-order valence-corrected chi connectivity index (χ1v) is 11.3. The van der Waals surface area contributed by atoms with E-state index in [2.05, 4.69) is 27.0 Å². The van der Waals surface area contributed by atoms with E-state index in [0.717, 1.165) is 11.0 Å². The van der Waals surface area contributed by atoms with Gasteiger partial charge in [-0.2, -0.15) is 0 Å². The van der Waals surface area contributed by atoms with Crippen LogP contribution in [0.25, 0.3) is 28.8 Å². The van der Waals surface area contributed by atoms with E-state index < -0.39 is 38.4 Å². The number of hydrogen-bond donors (Lipinski definition) is 4. The maximum atomic E-state index is 14.7. The molecule has 4 N–H and O–H groups in total. The fourth-order valence-electron chi connectivity index (χ4n) is 3.03. The van der Waals surface area contributed by atoms with E-state index in [1.165, 1.54) is 29.3 Å². The molecule has 4 rings (SSSR count). The van der Waals surface area contributed by atoms with Gasteiger partial charge < -0.3 is 24.5 Å². The van der Waals surface area contributed by atoms with Crippen LogP contribution in [0.2, 0.25) is 0 Å². The third-order valence-electron chi connectivity index (χ3n) is 4.63. The molecule has 1 amide bonds. The van der Waals surface area contributed by atoms with Crippen molar-refractivity contribution < 1.29 is 47.1 Å².